The number of esters is 1. The number of carbonyl (C=O) groups is 2. The molecule has 0 aliphatic heterocycles. The Morgan fingerprint density at radius 2 is 1.81 bits per heavy atom. The smallest absolute Gasteiger partial charge is 0.328 e. The second-order valence-corrected chi connectivity index (χ2v) is 4.65. The quantitative estimate of drug-likeness (QED) is 0.716. The van der Waals surface area contributed by atoms with Crippen molar-refractivity contribution >= 4 is 11.9 Å². The molecule has 2 N–H and O–H groups in total. The first kappa shape index (κ1) is 17.0. The van der Waals surface area contributed by atoms with Crippen LogP contribution in [0, 0.1) is 0 Å². The maximum Gasteiger partial charge on any atom is 0.328 e. The molecule has 6 heteroatoms. The molecule has 0 radical (unpaired) electrons. The fourth-order valence-corrected chi connectivity index (χ4v) is 1.87. The third-order valence-corrected chi connectivity index (χ3v) is 3.18. The number of hydrogen-bond donors (Lipinski definition) is 2. The van der Waals surface area contributed by atoms with Crippen molar-refractivity contribution in [3.63, 3.8) is 0 Å². The van der Waals surface area contributed by atoms with Gasteiger partial charge in [-0.1, -0.05) is 12.1 Å². The molecular formula is C15H22N2O4. The van der Waals surface area contributed by atoms with Gasteiger partial charge in [-0.15, -0.1) is 0 Å². The van der Waals surface area contributed by atoms with Crippen molar-refractivity contribution in [2.45, 2.75) is 25.4 Å². The number of hydrogen-bond acceptors (Lipinski definition) is 5. The molecule has 116 valence electrons. The van der Waals surface area contributed by atoms with Crippen LogP contribution in [0.3, 0.4) is 0 Å². The molecule has 0 aliphatic rings. The zero-order chi connectivity index (χ0) is 15.8. The highest BCUT2D eigenvalue weighted by atomic mass is 16.5. The zero-order valence-corrected chi connectivity index (χ0v) is 12.8. The van der Waals surface area contributed by atoms with Gasteiger partial charge in [0.05, 0.1) is 20.3 Å². The number of ether oxygens (including phenoxy) is 2. The van der Waals surface area contributed by atoms with Crippen LogP contribution >= 0.6 is 0 Å². The molecule has 0 aliphatic carbocycles. The standard InChI is InChI=1S/C15H22N2O4/c1-10(15(19)21-4)17-14(18)13(16-2)9-11-5-7-12(20-3)8-6-11/h5-8,10,13,16H,9H2,1-4H3,(H,17,18)/t10-,13-/m0/s1. The summed E-state index contributed by atoms with van der Waals surface area (Å²) in [6, 6.07) is 6.40. The van der Waals surface area contributed by atoms with Crippen molar-refractivity contribution in [2.24, 2.45) is 0 Å². The first-order chi connectivity index (χ1) is 10.0. The van der Waals surface area contributed by atoms with E-state index in [1.807, 2.05) is 24.3 Å². The lowest BCUT2D eigenvalue weighted by Gasteiger charge is -2.19. The van der Waals surface area contributed by atoms with Gasteiger partial charge >= 0.3 is 5.97 Å². The van der Waals surface area contributed by atoms with Gasteiger partial charge in [-0.2, -0.15) is 0 Å². The largest absolute Gasteiger partial charge is 0.497 e. The molecule has 0 unspecified atom stereocenters. The molecule has 2 atom stereocenters. The Morgan fingerprint density at radius 1 is 1.19 bits per heavy atom. The lowest BCUT2D eigenvalue weighted by atomic mass is 10.0. The number of benzene rings is 1. The van der Waals surface area contributed by atoms with Crippen LogP contribution in [0.5, 0.6) is 5.75 Å². The Morgan fingerprint density at radius 3 is 2.29 bits per heavy atom. The van der Waals surface area contributed by atoms with Gasteiger partial charge in [-0.3, -0.25) is 4.79 Å². The van der Waals surface area contributed by atoms with Crippen molar-refractivity contribution in [1.82, 2.24) is 10.6 Å². The molecule has 0 bridgehead atoms. The summed E-state index contributed by atoms with van der Waals surface area (Å²) in [6.07, 6.45) is 0.514. The minimum Gasteiger partial charge on any atom is -0.497 e. The molecule has 1 aromatic carbocycles. The molecule has 0 saturated carbocycles. The molecule has 1 aromatic rings. The van der Waals surface area contributed by atoms with E-state index in [-0.39, 0.29) is 5.91 Å². The van der Waals surface area contributed by atoms with Gasteiger partial charge in [0.1, 0.15) is 11.8 Å². The summed E-state index contributed by atoms with van der Waals surface area (Å²) in [5.74, 6) is 0.0531. The molecule has 6 nitrogen and oxygen atoms in total. The van der Waals surface area contributed by atoms with Crippen LogP contribution in [0.25, 0.3) is 0 Å². The van der Waals surface area contributed by atoms with E-state index in [0.29, 0.717) is 6.42 Å². The highest BCUT2D eigenvalue weighted by Gasteiger charge is 2.22. The summed E-state index contributed by atoms with van der Waals surface area (Å²) < 4.78 is 9.68. The lowest BCUT2D eigenvalue weighted by Crippen LogP contribution is -2.49. The SMILES string of the molecule is CN[C@@H](Cc1ccc(OC)cc1)C(=O)N[C@@H](C)C(=O)OC. The van der Waals surface area contributed by atoms with Gasteiger partial charge in [0.2, 0.25) is 5.91 Å². The van der Waals surface area contributed by atoms with E-state index in [9.17, 15) is 9.59 Å². The first-order valence-corrected chi connectivity index (χ1v) is 6.70. The van der Waals surface area contributed by atoms with Gasteiger partial charge in [-0.05, 0) is 38.1 Å². The number of nitrogens with one attached hydrogen (secondary N) is 2. The summed E-state index contributed by atoms with van der Waals surface area (Å²) in [4.78, 5) is 23.4. The van der Waals surface area contributed by atoms with Crippen LogP contribution in [0.2, 0.25) is 0 Å². The molecule has 0 aromatic heterocycles. The summed E-state index contributed by atoms with van der Waals surface area (Å²) in [5, 5.41) is 5.57. The fourth-order valence-electron chi connectivity index (χ4n) is 1.87. The van der Waals surface area contributed by atoms with Gasteiger partial charge in [0.15, 0.2) is 0 Å². The van der Waals surface area contributed by atoms with Crippen molar-refractivity contribution in [3.8, 4) is 5.75 Å². The zero-order valence-electron chi connectivity index (χ0n) is 12.8. The third-order valence-electron chi connectivity index (χ3n) is 3.18. The topological polar surface area (TPSA) is 76.7 Å². The monoisotopic (exact) mass is 294 g/mol. The van der Waals surface area contributed by atoms with E-state index >= 15 is 0 Å². The Balaban J connectivity index is 2.64. The Hall–Kier alpha value is -2.08. The third kappa shape index (κ3) is 5.07. The van der Waals surface area contributed by atoms with Crippen molar-refractivity contribution in [3.05, 3.63) is 29.8 Å². The van der Waals surface area contributed by atoms with Crippen LogP contribution in [0.4, 0.5) is 0 Å². The molecule has 0 fully saturated rings. The predicted molar refractivity (Wildman–Crippen MR) is 79.2 cm³/mol. The second kappa shape index (κ2) is 8.26. The van der Waals surface area contributed by atoms with Crippen LogP contribution in [-0.2, 0) is 20.7 Å². The van der Waals surface area contributed by atoms with Crippen molar-refractivity contribution in [1.29, 1.82) is 0 Å². The Labute approximate surface area is 124 Å². The molecule has 21 heavy (non-hydrogen) atoms. The maximum absolute atomic E-state index is 12.1. The summed E-state index contributed by atoms with van der Waals surface area (Å²) in [7, 11) is 4.60. The maximum atomic E-state index is 12.1. The van der Waals surface area contributed by atoms with Gasteiger partial charge in [0.25, 0.3) is 0 Å². The number of methoxy groups -OCH3 is 2. The second-order valence-electron chi connectivity index (χ2n) is 4.65. The van der Waals surface area contributed by atoms with Gasteiger partial charge in [0, 0.05) is 0 Å². The molecule has 0 heterocycles. The average Bonchev–Trinajstić information content (AvgIpc) is 2.51. The van der Waals surface area contributed by atoms with E-state index < -0.39 is 18.1 Å². The van der Waals surface area contributed by atoms with E-state index in [2.05, 4.69) is 15.4 Å². The van der Waals surface area contributed by atoms with E-state index in [4.69, 9.17) is 4.74 Å². The number of likely N-dealkylation sites (N-methyl/N-ethyl adjacent to an activating group) is 1. The minimum absolute atomic E-state index is 0.244. The Kier molecular flexibility index (Phi) is 6.68. The van der Waals surface area contributed by atoms with Crippen LogP contribution in [0.15, 0.2) is 24.3 Å². The summed E-state index contributed by atoms with van der Waals surface area (Å²) in [5.41, 5.74) is 0.996. The number of carbonyl (C=O) groups excluding carboxylic acids is 2. The summed E-state index contributed by atoms with van der Waals surface area (Å²) >= 11 is 0. The molecule has 1 rings (SSSR count). The molecule has 0 saturated heterocycles. The minimum atomic E-state index is -0.672. The predicted octanol–water partition coefficient (Wildman–Crippen LogP) is 0.503. The Bertz CT molecular complexity index is 473. The van der Waals surface area contributed by atoms with Gasteiger partial charge in [-0.25, -0.2) is 4.79 Å². The molecule has 1 amide bonds. The van der Waals surface area contributed by atoms with E-state index in [1.165, 1.54) is 7.11 Å². The average molecular weight is 294 g/mol. The highest BCUT2D eigenvalue weighted by Crippen LogP contribution is 2.12. The van der Waals surface area contributed by atoms with Crippen molar-refractivity contribution < 1.29 is 19.1 Å². The first-order valence-electron chi connectivity index (χ1n) is 6.70. The lowest BCUT2D eigenvalue weighted by molar-refractivity contribution is -0.144. The van der Waals surface area contributed by atoms with E-state index in [1.54, 1.807) is 21.1 Å². The van der Waals surface area contributed by atoms with Gasteiger partial charge < -0.3 is 20.1 Å². The van der Waals surface area contributed by atoms with Crippen LogP contribution in [0.1, 0.15) is 12.5 Å². The van der Waals surface area contributed by atoms with E-state index in [0.717, 1.165) is 11.3 Å². The summed E-state index contributed by atoms with van der Waals surface area (Å²) in [6.45, 7) is 1.59. The van der Waals surface area contributed by atoms with Crippen molar-refractivity contribution in [2.75, 3.05) is 21.3 Å². The van der Waals surface area contributed by atoms with Crippen LogP contribution < -0.4 is 15.4 Å². The number of amides is 1. The molecule has 0 spiro atoms. The fraction of sp³-hybridized carbons (Fsp3) is 0.467. The normalized spacial score (nSPS) is 13.1. The number of rotatable bonds is 7. The molecular weight excluding hydrogens is 272 g/mol. The highest BCUT2D eigenvalue weighted by molar-refractivity contribution is 5.87. The van der Waals surface area contributed by atoms with Crippen LogP contribution in [-0.4, -0.2) is 45.2 Å².